The average Bonchev–Trinajstić information content (AvgIpc) is 3.24. The molecule has 1 aliphatic heterocycles. The molecule has 5 rings (SSSR count). The van der Waals surface area contributed by atoms with E-state index >= 15 is 0 Å². The summed E-state index contributed by atoms with van der Waals surface area (Å²) in [6.45, 7) is 0. The van der Waals surface area contributed by atoms with Gasteiger partial charge in [-0.25, -0.2) is 0 Å². The Bertz CT molecular complexity index is 1210. The average molecular weight is 371 g/mol. The maximum atomic E-state index is 3.56. The van der Waals surface area contributed by atoms with Gasteiger partial charge < -0.3 is 0 Å². The van der Waals surface area contributed by atoms with Crippen LogP contribution >= 0.6 is 0 Å². The van der Waals surface area contributed by atoms with E-state index in [1.165, 1.54) is 21.5 Å². The van der Waals surface area contributed by atoms with Gasteiger partial charge in [0.15, 0.2) is 0 Å². The molecule has 0 bridgehead atoms. The fourth-order valence-electron chi connectivity index (χ4n) is 3.85. The molecule has 29 heavy (non-hydrogen) atoms. The van der Waals surface area contributed by atoms with Crippen molar-refractivity contribution >= 4 is 21.5 Å². The first-order valence-corrected chi connectivity index (χ1v) is 10.1. The second kappa shape index (κ2) is 7.84. The molecule has 138 valence electrons. The fourth-order valence-corrected chi connectivity index (χ4v) is 3.85. The Kier molecular flexibility index (Phi) is 4.75. The molecule has 1 fully saturated rings. The summed E-state index contributed by atoms with van der Waals surface area (Å²) in [5.41, 5.74) is 2.13. The zero-order chi connectivity index (χ0) is 19.5. The van der Waals surface area contributed by atoms with Crippen LogP contribution in [0.15, 0.2) is 84.9 Å². The van der Waals surface area contributed by atoms with Crippen LogP contribution in [0.5, 0.6) is 0 Å². The molecule has 1 N–H and O–H groups in total. The van der Waals surface area contributed by atoms with E-state index in [4.69, 9.17) is 0 Å². The van der Waals surface area contributed by atoms with Gasteiger partial charge in [-0.1, -0.05) is 84.3 Å². The van der Waals surface area contributed by atoms with E-state index in [9.17, 15) is 0 Å². The van der Waals surface area contributed by atoms with Crippen molar-refractivity contribution in [2.24, 2.45) is 0 Å². The highest BCUT2D eigenvalue weighted by molar-refractivity contribution is 5.84. The summed E-state index contributed by atoms with van der Waals surface area (Å²) in [4.78, 5) is 0. The van der Waals surface area contributed by atoms with E-state index in [1.807, 2.05) is 0 Å². The first kappa shape index (κ1) is 17.6. The predicted octanol–water partition coefficient (Wildman–Crippen LogP) is 5.52. The Morgan fingerprint density at radius 3 is 1.48 bits per heavy atom. The standard InChI is InChI=1S/C28H21N/c1-3-7-25-19-21(9-13-23(25)5-1)11-15-27-17-18-28(29-27)16-12-22-10-14-24-6-2-4-8-26(24)20-22/h1-10,13-14,19-20,27-29H,17-18H2/t27-,28-/m0/s1. The van der Waals surface area contributed by atoms with Gasteiger partial charge in [0.05, 0.1) is 12.1 Å². The molecule has 0 amide bonds. The Morgan fingerprint density at radius 1 is 0.552 bits per heavy atom. The minimum Gasteiger partial charge on any atom is -0.290 e. The van der Waals surface area contributed by atoms with E-state index < -0.39 is 0 Å². The zero-order valence-corrected chi connectivity index (χ0v) is 16.2. The summed E-state index contributed by atoms with van der Waals surface area (Å²) in [6.07, 6.45) is 2.08. The van der Waals surface area contributed by atoms with Gasteiger partial charge in [0, 0.05) is 11.1 Å². The van der Waals surface area contributed by atoms with Crippen molar-refractivity contribution in [2.45, 2.75) is 24.9 Å². The smallest absolute Gasteiger partial charge is 0.0703 e. The molecule has 0 saturated carbocycles. The third-order valence-corrected chi connectivity index (χ3v) is 5.43. The van der Waals surface area contributed by atoms with Crippen LogP contribution in [0.4, 0.5) is 0 Å². The molecule has 1 aliphatic rings. The van der Waals surface area contributed by atoms with Crippen LogP contribution in [0.25, 0.3) is 21.5 Å². The van der Waals surface area contributed by atoms with Crippen LogP contribution < -0.4 is 5.32 Å². The third-order valence-electron chi connectivity index (χ3n) is 5.43. The van der Waals surface area contributed by atoms with Crippen LogP contribution in [0.2, 0.25) is 0 Å². The van der Waals surface area contributed by atoms with Crippen LogP contribution in [0, 0.1) is 23.7 Å². The summed E-state index contributed by atoms with van der Waals surface area (Å²) in [5.74, 6) is 13.4. The fraction of sp³-hybridized carbons (Fsp3) is 0.143. The van der Waals surface area contributed by atoms with Crippen molar-refractivity contribution in [2.75, 3.05) is 0 Å². The Labute approximate surface area is 171 Å². The molecule has 4 aromatic rings. The van der Waals surface area contributed by atoms with Crippen LogP contribution in [0.3, 0.4) is 0 Å². The maximum absolute atomic E-state index is 3.56. The first-order valence-electron chi connectivity index (χ1n) is 10.1. The van der Waals surface area contributed by atoms with Gasteiger partial charge >= 0.3 is 0 Å². The zero-order valence-electron chi connectivity index (χ0n) is 16.2. The van der Waals surface area contributed by atoms with E-state index in [2.05, 4.69) is 114 Å². The monoisotopic (exact) mass is 371 g/mol. The summed E-state index contributed by atoms with van der Waals surface area (Å²) in [5, 5.41) is 8.53. The summed E-state index contributed by atoms with van der Waals surface area (Å²) in [6, 6.07) is 30.0. The van der Waals surface area contributed by atoms with E-state index in [0.717, 1.165) is 24.0 Å². The van der Waals surface area contributed by atoms with Crippen molar-refractivity contribution in [3.05, 3.63) is 96.1 Å². The number of nitrogens with one attached hydrogen (secondary N) is 1. The number of hydrogen-bond donors (Lipinski definition) is 1. The number of rotatable bonds is 0. The Hall–Kier alpha value is -3.52. The van der Waals surface area contributed by atoms with Gasteiger partial charge in [-0.05, 0) is 58.7 Å². The normalized spacial score (nSPS) is 18.1. The Morgan fingerprint density at radius 2 is 1.00 bits per heavy atom. The van der Waals surface area contributed by atoms with E-state index in [-0.39, 0.29) is 12.1 Å². The molecule has 1 saturated heterocycles. The second-order valence-corrected chi connectivity index (χ2v) is 7.51. The van der Waals surface area contributed by atoms with Crippen LogP contribution in [-0.4, -0.2) is 12.1 Å². The van der Waals surface area contributed by atoms with Gasteiger partial charge in [-0.2, -0.15) is 0 Å². The molecule has 0 aromatic heterocycles. The molecule has 0 radical (unpaired) electrons. The molecule has 1 nitrogen and oxygen atoms in total. The van der Waals surface area contributed by atoms with Crippen LogP contribution in [0.1, 0.15) is 24.0 Å². The minimum absolute atomic E-state index is 0.206. The highest BCUT2D eigenvalue weighted by atomic mass is 15.0. The Balaban J connectivity index is 1.27. The summed E-state index contributed by atoms with van der Waals surface area (Å²) >= 11 is 0. The lowest BCUT2D eigenvalue weighted by Crippen LogP contribution is -2.27. The number of fused-ring (bicyclic) bond motifs is 2. The maximum Gasteiger partial charge on any atom is 0.0703 e. The molecule has 2 atom stereocenters. The number of hydrogen-bond acceptors (Lipinski definition) is 1. The molecule has 4 aromatic carbocycles. The first-order chi connectivity index (χ1) is 14.3. The lowest BCUT2D eigenvalue weighted by molar-refractivity contribution is 0.696. The van der Waals surface area contributed by atoms with Crippen molar-refractivity contribution in [1.29, 1.82) is 0 Å². The van der Waals surface area contributed by atoms with Gasteiger partial charge in [0.2, 0.25) is 0 Å². The summed E-state index contributed by atoms with van der Waals surface area (Å²) in [7, 11) is 0. The quantitative estimate of drug-likeness (QED) is 0.402. The minimum atomic E-state index is 0.206. The molecular formula is C28H21N. The van der Waals surface area contributed by atoms with Gasteiger partial charge in [0.1, 0.15) is 0 Å². The van der Waals surface area contributed by atoms with Crippen molar-refractivity contribution < 1.29 is 0 Å². The highest BCUT2D eigenvalue weighted by Gasteiger charge is 2.20. The van der Waals surface area contributed by atoms with Crippen LogP contribution in [-0.2, 0) is 0 Å². The SMILES string of the molecule is C(#C[C@H]1CC[C@H](C#Cc2ccc3ccccc3c2)N1)c1ccc2ccccc2c1. The summed E-state index contributed by atoms with van der Waals surface area (Å²) < 4.78 is 0. The predicted molar refractivity (Wildman–Crippen MR) is 122 cm³/mol. The lowest BCUT2D eigenvalue weighted by atomic mass is 10.1. The lowest BCUT2D eigenvalue weighted by Gasteiger charge is -2.03. The second-order valence-electron chi connectivity index (χ2n) is 7.51. The van der Waals surface area contributed by atoms with Gasteiger partial charge in [-0.3, -0.25) is 5.32 Å². The van der Waals surface area contributed by atoms with Crippen molar-refractivity contribution in [1.82, 2.24) is 5.32 Å². The van der Waals surface area contributed by atoms with Gasteiger partial charge in [-0.15, -0.1) is 0 Å². The molecule has 0 unspecified atom stereocenters. The van der Waals surface area contributed by atoms with E-state index in [0.29, 0.717) is 0 Å². The largest absolute Gasteiger partial charge is 0.290 e. The van der Waals surface area contributed by atoms with Gasteiger partial charge in [0.25, 0.3) is 0 Å². The number of benzene rings is 4. The molecule has 0 aliphatic carbocycles. The molecule has 1 heterocycles. The topological polar surface area (TPSA) is 12.0 Å². The third kappa shape index (κ3) is 4.02. The van der Waals surface area contributed by atoms with Crippen molar-refractivity contribution in [3.8, 4) is 23.7 Å². The van der Waals surface area contributed by atoms with E-state index in [1.54, 1.807) is 0 Å². The van der Waals surface area contributed by atoms with Crippen molar-refractivity contribution in [3.63, 3.8) is 0 Å². The molecule has 0 spiro atoms. The molecular weight excluding hydrogens is 350 g/mol. The molecule has 1 heteroatoms. The highest BCUT2D eigenvalue weighted by Crippen LogP contribution is 2.17.